The Labute approximate surface area is 129 Å². The molecule has 8 nitrogen and oxygen atoms in total. The normalized spacial score (nSPS) is 33.6. The SMILES string of the molecule is N[C@@H](CO)C(=O)CCCCCC1OC(CO)C(O)C(O)C1O. The summed E-state index contributed by atoms with van der Waals surface area (Å²) in [4.78, 5) is 11.4. The van der Waals surface area contributed by atoms with E-state index in [1.807, 2.05) is 0 Å². The van der Waals surface area contributed by atoms with E-state index in [-0.39, 0.29) is 18.8 Å². The summed E-state index contributed by atoms with van der Waals surface area (Å²) < 4.78 is 5.38. The summed E-state index contributed by atoms with van der Waals surface area (Å²) in [6.07, 6.45) is -2.72. The molecule has 0 spiro atoms. The van der Waals surface area contributed by atoms with Crippen LogP contribution in [0, 0.1) is 0 Å². The van der Waals surface area contributed by atoms with Gasteiger partial charge in [0, 0.05) is 6.42 Å². The van der Waals surface area contributed by atoms with E-state index in [4.69, 9.17) is 20.7 Å². The molecule has 1 aliphatic heterocycles. The number of Topliss-reactive ketones (excluding diaryl/α,β-unsaturated/α-hetero) is 1. The molecule has 1 saturated heterocycles. The van der Waals surface area contributed by atoms with E-state index in [2.05, 4.69) is 0 Å². The zero-order chi connectivity index (χ0) is 16.7. The third-order valence-corrected chi connectivity index (χ3v) is 4.01. The number of hydrogen-bond acceptors (Lipinski definition) is 8. The van der Waals surface area contributed by atoms with Gasteiger partial charge in [-0.2, -0.15) is 0 Å². The lowest BCUT2D eigenvalue weighted by molar-refractivity contribution is -0.230. The Morgan fingerprint density at radius 3 is 2.23 bits per heavy atom. The molecule has 0 saturated carbocycles. The summed E-state index contributed by atoms with van der Waals surface area (Å²) >= 11 is 0. The molecule has 0 aromatic rings. The Morgan fingerprint density at radius 1 is 1.00 bits per heavy atom. The van der Waals surface area contributed by atoms with Gasteiger partial charge in [-0.25, -0.2) is 0 Å². The quantitative estimate of drug-likeness (QED) is 0.258. The predicted octanol–water partition coefficient (Wildman–Crippen LogP) is -2.33. The standard InChI is InChI=1S/C14H27NO7/c15-8(6-16)9(18)4-2-1-3-5-10-12(19)14(21)13(20)11(7-17)22-10/h8,10-14,16-17,19-21H,1-7,15H2/t8-,10?,11?,12?,13?,14?/m0/s1. The summed E-state index contributed by atoms with van der Waals surface area (Å²) in [5.74, 6) is -0.185. The van der Waals surface area contributed by atoms with Crippen molar-refractivity contribution in [2.24, 2.45) is 5.73 Å². The van der Waals surface area contributed by atoms with Gasteiger partial charge in [0.25, 0.3) is 0 Å². The zero-order valence-electron chi connectivity index (χ0n) is 12.5. The van der Waals surface area contributed by atoms with Gasteiger partial charge in [-0.05, 0) is 12.8 Å². The molecule has 1 aliphatic rings. The van der Waals surface area contributed by atoms with Crippen molar-refractivity contribution in [1.82, 2.24) is 0 Å². The third kappa shape index (κ3) is 5.24. The third-order valence-electron chi connectivity index (χ3n) is 4.01. The first-order chi connectivity index (χ1) is 10.4. The predicted molar refractivity (Wildman–Crippen MR) is 76.9 cm³/mol. The molecule has 1 heterocycles. The lowest BCUT2D eigenvalue weighted by Crippen LogP contribution is -2.58. The smallest absolute Gasteiger partial charge is 0.151 e. The van der Waals surface area contributed by atoms with Crippen molar-refractivity contribution >= 4 is 5.78 Å². The van der Waals surface area contributed by atoms with E-state index < -0.39 is 43.2 Å². The molecular formula is C14H27NO7. The number of ether oxygens (including phenoxy) is 1. The molecule has 0 aromatic carbocycles. The van der Waals surface area contributed by atoms with Gasteiger partial charge >= 0.3 is 0 Å². The Balaban J connectivity index is 2.28. The molecule has 6 atom stereocenters. The Kier molecular flexibility index (Phi) is 8.40. The number of aliphatic hydroxyl groups excluding tert-OH is 5. The summed E-state index contributed by atoms with van der Waals surface area (Å²) in [6, 6.07) is -0.828. The van der Waals surface area contributed by atoms with Crippen molar-refractivity contribution in [2.75, 3.05) is 13.2 Å². The van der Waals surface area contributed by atoms with E-state index in [1.54, 1.807) is 0 Å². The van der Waals surface area contributed by atoms with Crippen LogP contribution in [-0.2, 0) is 9.53 Å². The molecule has 0 aromatic heterocycles. The fourth-order valence-electron chi connectivity index (χ4n) is 2.53. The number of nitrogens with two attached hydrogens (primary N) is 1. The topological polar surface area (TPSA) is 153 Å². The fourth-order valence-corrected chi connectivity index (χ4v) is 2.53. The van der Waals surface area contributed by atoms with Crippen LogP contribution in [0.4, 0.5) is 0 Å². The highest BCUT2D eigenvalue weighted by Crippen LogP contribution is 2.24. The van der Waals surface area contributed by atoms with Crippen LogP contribution >= 0.6 is 0 Å². The highest BCUT2D eigenvalue weighted by atomic mass is 16.5. The summed E-state index contributed by atoms with van der Waals surface area (Å²) in [5.41, 5.74) is 5.40. The molecule has 0 bridgehead atoms. The maximum Gasteiger partial charge on any atom is 0.151 e. The van der Waals surface area contributed by atoms with E-state index in [9.17, 15) is 20.1 Å². The minimum atomic E-state index is -1.35. The number of aliphatic hydroxyl groups is 5. The molecule has 8 heteroatoms. The molecule has 0 aliphatic carbocycles. The molecule has 22 heavy (non-hydrogen) atoms. The van der Waals surface area contributed by atoms with Crippen LogP contribution in [0.15, 0.2) is 0 Å². The second-order valence-corrected chi connectivity index (χ2v) is 5.72. The van der Waals surface area contributed by atoms with Crippen LogP contribution in [0.1, 0.15) is 32.1 Å². The minimum Gasteiger partial charge on any atom is -0.394 e. The van der Waals surface area contributed by atoms with Crippen LogP contribution in [0.25, 0.3) is 0 Å². The Bertz CT molecular complexity index is 339. The van der Waals surface area contributed by atoms with Gasteiger partial charge in [0.1, 0.15) is 24.4 Å². The highest BCUT2D eigenvalue weighted by Gasteiger charge is 2.42. The minimum absolute atomic E-state index is 0.185. The van der Waals surface area contributed by atoms with E-state index in [0.29, 0.717) is 25.7 Å². The summed E-state index contributed by atoms with van der Waals surface area (Å²) in [6.45, 7) is -0.793. The van der Waals surface area contributed by atoms with Crippen molar-refractivity contribution < 1.29 is 35.1 Å². The fraction of sp³-hybridized carbons (Fsp3) is 0.929. The first kappa shape index (κ1) is 19.4. The average Bonchev–Trinajstić information content (AvgIpc) is 2.53. The number of carbonyl (C=O) groups is 1. The molecule has 0 amide bonds. The molecule has 1 rings (SSSR count). The van der Waals surface area contributed by atoms with Crippen molar-refractivity contribution in [2.45, 2.75) is 68.7 Å². The van der Waals surface area contributed by atoms with Gasteiger partial charge in [-0.15, -0.1) is 0 Å². The van der Waals surface area contributed by atoms with Gasteiger partial charge in [0.2, 0.25) is 0 Å². The van der Waals surface area contributed by atoms with E-state index in [0.717, 1.165) is 0 Å². The lowest BCUT2D eigenvalue weighted by Gasteiger charge is -2.40. The maximum atomic E-state index is 11.4. The molecule has 0 radical (unpaired) electrons. The monoisotopic (exact) mass is 321 g/mol. The number of hydrogen-bond donors (Lipinski definition) is 6. The van der Waals surface area contributed by atoms with Gasteiger partial charge < -0.3 is 36.0 Å². The molecular weight excluding hydrogens is 294 g/mol. The Hall–Kier alpha value is -0.610. The van der Waals surface area contributed by atoms with Crippen LogP contribution < -0.4 is 5.73 Å². The average molecular weight is 321 g/mol. The van der Waals surface area contributed by atoms with Gasteiger partial charge in [-0.3, -0.25) is 4.79 Å². The van der Waals surface area contributed by atoms with Crippen molar-refractivity contribution in [1.29, 1.82) is 0 Å². The van der Waals surface area contributed by atoms with Crippen molar-refractivity contribution in [3.63, 3.8) is 0 Å². The van der Waals surface area contributed by atoms with Crippen molar-refractivity contribution in [3.05, 3.63) is 0 Å². The first-order valence-electron chi connectivity index (χ1n) is 7.62. The van der Waals surface area contributed by atoms with E-state index in [1.165, 1.54) is 0 Å². The maximum absolute atomic E-state index is 11.4. The van der Waals surface area contributed by atoms with Gasteiger partial charge in [0.15, 0.2) is 5.78 Å². The largest absolute Gasteiger partial charge is 0.394 e. The van der Waals surface area contributed by atoms with Crippen LogP contribution in [0.2, 0.25) is 0 Å². The second-order valence-electron chi connectivity index (χ2n) is 5.72. The van der Waals surface area contributed by atoms with Gasteiger partial charge in [0.05, 0.1) is 25.4 Å². The van der Waals surface area contributed by atoms with Crippen LogP contribution in [0.5, 0.6) is 0 Å². The zero-order valence-corrected chi connectivity index (χ0v) is 12.5. The van der Waals surface area contributed by atoms with Crippen molar-refractivity contribution in [3.8, 4) is 0 Å². The number of carbonyl (C=O) groups excluding carboxylic acids is 1. The summed E-state index contributed by atoms with van der Waals surface area (Å²) in [5, 5.41) is 47.0. The highest BCUT2D eigenvalue weighted by molar-refractivity contribution is 5.83. The molecule has 5 unspecified atom stereocenters. The molecule has 130 valence electrons. The van der Waals surface area contributed by atoms with Crippen LogP contribution in [0.3, 0.4) is 0 Å². The van der Waals surface area contributed by atoms with E-state index >= 15 is 0 Å². The molecule has 1 fully saturated rings. The first-order valence-corrected chi connectivity index (χ1v) is 7.62. The van der Waals surface area contributed by atoms with Crippen LogP contribution in [-0.4, -0.2) is 81.1 Å². The number of rotatable bonds is 9. The Morgan fingerprint density at radius 2 is 1.64 bits per heavy atom. The lowest BCUT2D eigenvalue weighted by atomic mass is 9.92. The molecule has 7 N–H and O–H groups in total. The number of unbranched alkanes of at least 4 members (excludes halogenated alkanes) is 2. The summed E-state index contributed by atoms with van der Waals surface area (Å²) in [7, 11) is 0. The number of ketones is 1. The second kappa shape index (κ2) is 9.51. The van der Waals surface area contributed by atoms with Gasteiger partial charge in [-0.1, -0.05) is 12.8 Å².